The molecule has 0 rings (SSSR count). The Morgan fingerprint density at radius 1 is 1.21 bits per heavy atom. The molecule has 1 amide bonds. The molecular weight excluding hydrogens is 475 g/mol. The van der Waals surface area contributed by atoms with Gasteiger partial charge in [-0.05, 0) is 40.0 Å². The third-order valence-electron chi connectivity index (χ3n) is 3.78. The number of rotatable bonds is 9. The number of hydrogen-bond acceptors (Lipinski definition) is 5. The molecule has 0 bridgehead atoms. The Labute approximate surface area is 187 Å². The number of ether oxygens (including phenoxy) is 2. The Kier molecular flexibility index (Phi) is 15.2. The van der Waals surface area contributed by atoms with Gasteiger partial charge >= 0.3 is 12.1 Å². The lowest BCUT2D eigenvalue weighted by molar-refractivity contribution is -0.140. The van der Waals surface area contributed by atoms with Gasteiger partial charge in [0.1, 0.15) is 5.60 Å². The summed E-state index contributed by atoms with van der Waals surface area (Å²) in [5, 5.41) is 6.17. The second-order valence-corrected chi connectivity index (χ2v) is 7.77. The fraction of sp³-hybridized carbons (Fsp3) is 0.842. The number of methoxy groups -OCH3 is 1. The molecule has 0 saturated heterocycles. The highest BCUT2D eigenvalue weighted by Gasteiger charge is 2.22. The average molecular weight is 514 g/mol. The van der Waals surface area contributed by atoms with E-state index in [1.54, 1.807) is 0 Å². The number of nitrogens with zero attached hydrogens (tertiary/aromatic N) is 2. The highest BCUT2D eigenvalue weighted by Crippen LogP contribution is 2.11. The van der Waals surface area contributed by atoms with Gasteiger partial charge in [0.25, 0.3) is 0 Å². The van der Waals surface area contributed by atoms with Gasteiger partial charge in [-0.2, -0.15) is 0 Å². The summed E-state index contributed by atoms with van der Waals surface area (Å²) in [7, 11) is 3.30. The van der Waals surface area contributed by atoms with Crippen molar-refractivity contribution in [2.45, 2.75) is 66.0 Å². The van der Waals surface area contributed by atoms with Crippen LogP contribution in [-0.2, 0) is 14.3 Å². The molecular formula is C19H39IN4O4. The first-order valence-corrected chi connectivity index (χ1v) is 9.55. The van der Waals surface area contributed by atoms with Gasteiger partial charge in [0.15, 0.2) is 5.96 Å². The maximum Gasteiger partial charge on any atom is 0.407 e. The largest absolute Gasteiger partial charge is 0.469 e. The molecule has 0 aromatic rings. The second-order valence-electron chi connectivity index (χ2n) is 7.77. The topological polar surface area (TPSA) is 92.3 Å². The summed E-state index contributed by atoms with van der Waals surface area (Å²) in [6.07, 6.45) is 0.589. The molecule has 0 aliphatic heterocycles. The molecule has 1 atom stereocenters. The van der Waals surface area contributed by atoms with Gasteiger partial charge in [-0.3, -0.25) is 9.79 Å². The van der Waals surface area contributed by atoms with Crippen LogP contribution in [0.3, 0.4) is 0 Å². The Morgan fingerprint density at radius 3 is 2.29 bits per heavy atom. The number of nitrogens with one attached hydrogen (secondary N) is 2. The molecule has 0 fully saturated rings. The van der Waals surface area contributed by atoms with E-state index in [1.165, 1.54) is 7.11 Å². The van der Waals surface area contributed by atoms with Gasteiger partial charge in [-0.25, -0.2) is 4.79 Å². The molecule has 0 spiro atoms. The highest BCUT2D eigenvalue weighted by atomic mass is 127. The monoisotopic (exact) mass is 514 g/mol. The number of halogens is 1. The first-order valence-electron chi connectivity index (χ1n) is 9.55. The van der Waals surface area contributed by atoms with Crippen molar-refractivity contribution >= 4 is 42.0 Å². The van der Waals surface area contributed by atoms with Crippen molar-refractivity contribution in [1.29, 1.82) is 0 Å². The smallest absolute Gasteiger partial charge is 0.407 e. The SMILES string of the molecule is CCNC(=NCCC(=O)OC)N(C)CCC(NC(=O)OC(C)(C)C)C(C)C.I. The van der Waals surface area contributed by atoms with E-state index in [9.17, 15) is 9.59 Å². The number of hydrogen-bond donors (Lipinski definition) is 2. The number of carbonyl (C=O) groups is 2. The minimum Gasteiger partial charge on any atom is -0.469 e. The normalized spacial score (nSPS) is 12.7. The number of guanidine groups is 1. The lowest BCUT2D eigenvalue weighted by Gasteiger charge is -2.28. The van der Waals surface area contributed by atoms with E-state index in [2.05, 4.69) is 34.2 Å². The summed E-state index contributed by atoms with van der Waals surface area (Å²) in [6, 6.07) is -0.0137. The van der Waals surface area contributed by atoms with Crippen molar-refractivity contribution in [2.75, 3.05) is 33.8 Å². The van der Waals surface area contributed by atoms with Gasteiger partial charge in [0, 0.05) is 26.2 Å². The number of carbonyl (C=O) groups excluding carboxylic acids is 2. The zero-order chi connectivity index (χ0) is 21.0. The molecule has 1 unspecified atom stereocenters. The predicted molar refractivity (Wildman–Crippen MR) is 123 cm³/mol. The van der Waals surface area contributed by atoms with E-state index < -0.39 is 11.7 Å². The van der Waals surface area contributed by atoms with Crippen LogP contribution in [0.2, 0.25) is 0 Å². The minimum atomic E-state index is -0.521. The number of alkyl carbamates (subject to hydrolysis) is 1. The van der Waals surface area contributed by atoms with Crippen molar-refractivity contribution < 1.29 is 19.1 Å². The molecule has 0 aliphatic carbocycles. The fourth-order valence-corrected chi connectivity index (χ4v) is 2.29. The summed E-state index contributed by atoms with van der Waals surface area (Å²) < 4.78 is 9.99. The van der Waals surface area contributed by atoms with E-state index >= 15 is 0 Å². The molecule has 166 valence electrons. The minimum absolute atomic E-state index is 0. The molecule has 0 radical (unpaired) electrons. The molecule has 0 aliphatic rings. The van der Waals surface area contributed by atoms with Crippen molar-refractivity contribution in [2.24, 2.45) is 10.9 Å². The lowest BCUT2D eigenvalue weighted by atomic mass is 10.0. The number of aliphatic imine (C=N–C) groups is 1. The second kappa shape index (κ2) is 14.7. The standard InChI is InChI=1S/C19H38N4O4.HI/c1-9-20-17(21-12-10-16(24)26-8)23(7)13-11-15(14(2)3)22-18(25)27-19(4,5)6;/h14-15H,9-13H2,1-8H3,(H,20,21)(H,22,25);1H. The van der Waals surface area contributed by atoms with Crippen LogP contribution in [0.1, 0.15) is 54.4 Å². The highest BCUT2D eigenvalue weighted by molar-refractivity contribution is 14.0. The van der Waals surface area contributed by atoms with Crippen molar-refractivity contribution in [3.8, 4) is 0 Å². The van der Waals surface area contributed by atoms with E-state index in [0.29, 0.717) is 13.1 Å². The third kappa shape index (κ3) is 13.8. The number of esters is 1. The molecule has 0 saturated carbocycles. The van der Waals surface area contributed by atoms with Crippen LogP contribution in [0.25, 0.3) is 0 Å². The third-order valence-corrected chi connectivity index (χ3v) is 3.78. The first-order chi connectivity index (χ1) is 12.5. The van der Waals surface area contributed by atoms with Crippen LogP contribution < -0.4 is 10.6 Å². The molecule has 9 heteroatoms. The Morgan fingerprint density at radius 2 is 1.82 bits per heavy atom. The van der Waals surface area contributed by atoms with Crippen LogP contribution in [0, 0.1) is 5.92 Å². The Balaban J connectivity index is 0. The summed E-state index contributed by atoms with van der Waals surface area (Å²) in [4.78, 5) is 29.7. The predicted octanol–water partition coefficient (Wildman–Crippen LogP) is 3.00. The van der Waals surface area contributed by atoms with Crippen molar-refractivity contribution in [3.63, 3.8) is 0 Å². The van der Waals surface area contributed by atoms with Gasteiger partial charge < -0.3 is 25.0 Å². The van der Waals surface area contributed by atoms with Crippen LogP contribution in [0.5, 0.6) is 0 Å². The van der Waals surface area contributed by atoms with Gasteiger partial charge in [-0.15, -0.1) is 24.0 Å². The maximum atomic E-state index is 12.1. The first kappa shape index (κ1) is 28.9. The summed E-state index contributed by atoms with van der Waals surface area (Å²) in [5.74, 6) is 0.713. The zero-order valence-corrected chi connectivity index (χ0v) is 21.0. The van der Waals surface area contributed by atoms with Crippen LogP contribution in [0.15, 0.2) is 4.99 Å². The van der Waals surface area contributed by atoms with E-state index in [1.807, 2.05) is 39.6 Å². The molecule has 28 heavy (non-hydrogen) atoms. The lowest BCUT2D eigenvalue weighted by Crippen LogP contribution is -2.45. The average Bonchev–Trinajstić information content (AvgIpc) is 2.55. The van der Waals surface area contributed by atoms with E-state index in [0.717, 1.165) is 18.9 Å². The fourth-order valence-electron chi connectivity index (χ4n) is 2.29. The van der Waals surface area contributed by atoms with Crippen LogP contribution in [0.4, 0.5) is 4.79 Å². The molecule has 8 nitrogen and oxygen atoms in total. The van der Waals surface area contributed by atoms with E-state index in [4.69, 9.17) is 4.74 Å². The van der Waals surface area contributed by atoms with Gasteiger partial charge in [0.05, 0.1) is 20.1 Å². The molecule has 0 aromatic carbocycles. The zero-order valence-electron chi connectivity index (χ0n) is 18.6. The summed E-state index contributed by atoms with van der Waals surface area (Å²) in [6.45, 7) is 13.5. The Bertz CT molecular complexity index is 493. The van der Waals surface area contributed by atoms with Crippen LogP contribution in [-0.4, -0.2) is 68.4 Å². The number of amides is 1. The molecule has 0 heterocycles. The summed E-state index contributed by atoms with van der Waals surface area (Å²) in [5.41, 5.74) is -0.521. The van der Waals surface area contributed by atoms with Gasteiger partial charge in [0.2, 0.25) is 0 Å². The van der Waals surface area contributed by atoms with Crippen molar-refractivity contribution in [3.05, 3.63) is 0 Å². The molecule has 2 N–H and O–H groups in total. The quantitative estimate of drug-likeness (QED) is 0.213. The molecule has 0 aromatic heterocycles. The van der Waals surface area contributed by atoms with Crippen LogP contribution >= 0.6 is 24.0 Å². The van der Waals surface area contributed by atoms with Crippen molar-refractivity contribution in [1.82, 2.24) is 15.5 Å². The maximum absolute atomic E-state index is 12.1. The Hall–Kier alpha value is -1.26. The van der Waals surface area contributed by atoms with E-state index in [-0.39, 0.29) is 48.3 Å². The summed E-state index contributed by atoms with van der Waals surface area (Å²) >= 11 is 0. The van der Waals surface area contributed by atoms with Gasteiger partial charge in [-0.1, -0.05) is 13.8 Å².